The van der Waals surface area contributed by atoms with Crippen LogP contribution >= 0.6 is 0 Å². The van der Waals surface area contributed by atoms with Crippen molar-refractivity contribution < 1.29 is 4.74 Å². The van der Waals surface area contributed by atoms with Gasteiger partial charge in [-0.1, -0.05) is 26.0 Å². The van der Waals surface area contributed by atoms with Crippen molar-refractivity contribution in [2.24, 2.45) is 5.92 Å². The summed E-state index contributed by atoms with van der Waals surface area (Å²) in [6, 6.07) is 6.55. The number of ether oxygens (including phenoxy) is 1. The molecule has 1 fully saturated rings. The topological polar surface area (TPSA) is 21.3 Å². The quantitative estimate of drug-likeness (QED) is 0.868. The van der Waals surface area contributed by atoms with E-state index >= 15 is 0 Å². The molecule has 1 saturated heterocycles. The predicted molar refractivity (Wildman–Crippen MR) is 81.0 cm³/mol. The molecule has 0 unspecified atom stereocenters. The summed E-state index contributed by atoms with van der Waals surface area (Å²) in [4.78, 5) is 0. The average molecular weight is 261 g/mol. The standard InChI is InChI=1S/C17H27NO/c1-13(2)16-7-6-14(3)11-17(16)19-10-8-15-5-4-9-18-12-15/h6-7,11,13,15,18H,4-5,8-10,12H2,1-3H3/t15-/m1/s1. The molecule has 1 atom stereocenters. The van der Waals surface area contributed by atoms with Gasteiger partial charge in [-0.05, 0) is 68.3 Å². The van der Waals surface area contributed by atoms with Gasteiger partial charge in [0.05, 0.1) is 6.61 Å². The van der Waals surface area contributed by atoms with E-state index in [2.05, 4.69) is 44.3 Å². The molecule has 2 nitrogen and oxygen atoms in total. The third-order valence-corrected chi connectivity index (χ3v) is 3.97. The second-order valence-electron chi connectivity index (χ2n) is 6.05. The van der Waals surface area contributed by atoms with Crippen molar-refractivity contribution in [1.29, 1.82) is 0 Å². The fourth-order valence-corrected chi connectivity index (χ4v) is 2.75. The first-order valence-electron chi connectivity index (χ1n) is 7.61. The molecule has 0 bridgehead atoms. The van der Waals surface area contributed by atoms with E-state index < -0.39 is 0 Å². The molecule has 1 aromatic carbocycles. The van der Waals surface area contributed by atoms with Gasteiger partial charge in [0.15, 0.2) is 0 Å². The molecule has 0 aromatic heterocycles. The van der Waals surface area contributed by atoms with Crippen molar-refractivity contribution in [2.45, 2.75) is 46.0 Å². The monoisotopic (exact) mass is 261 g/mol. The number of rotatable bonds is 5. The molecule has 1 aromatic rings. The molecule has 106 valence electrons. The zero-order valence-corrected chi connectivity index (χ0v) is 12.5. The van der Waals surface area contributed by atoms with E-state index in [9.17, 15) is 0 Å². The van der Waals surface area contributed by atoms with Crippen LogP contribution in [0.1, 0.15) is 50.2 Å². The Kier molecular flexibility index (Phi) is 5.26. The molecule has 0 spiro atoms. The summed E-state index contributed by atoms with van der Waals surface area (Å²) in [7, 11) is 0. The summed E-state index contributed by atoms with van der Waals surface area (Å²) in [6.07, 6.45) is 3.83. The maximum atomic E-state index is 6.05. The van der Waals surface area contributed by atoms with Crippen LogP contribution in [-0.2, 0) is 0 Å². The Labute approximate surface area is 117 Å². The molecular weight excluding hydrogens is 234 g/mol. The summed E-state index contributed by atoms with van der Waals surface area (Å²) in [5.41, 5.74) is 2.60. The van der Waals surface area contributed by atoms with Crippen LogP contribution in [0.15, 0.2) is 18.2 Å². The van der Waals surface area contributed by atoms with E-state index in [1.807, 2.05) is 0 Å². The first kappa shape index (κ1) is 14.4. The highest BCUT2D eigenvalue weighted by Gasteiger charge is 2.13. The third kappa shape index (κ3) is 4.24. The van der Waals surface area contributed by atoms with Crippen LogP contribution in [0, 0.1) is 12.8 Å². The Morgan fingerprint density at radius 1 is 1.37 bits per heavy atom. The Morgan fingerprint density at radius 3 is 2.89 bits per heavy atom. The van der Waals surface area contributed by atoms with Crippen LogP contribution in [0.25, 0.3) is 0 Å². The van der Waals surface area contributed by atoms with Crippen LogP contribution in [0.2, 0.25) is 0 Å². The summed E-state index contributed by atoms with van der Waals surface area (Å²) in [6.45, 7) is 9.77. The molecule has 0 saturated carbocycles. The average Bonchev–Trinajstić information content (AvgIpc) is 2.39. The summed E-state index contributed by atoms with van der Waals surface area (Å²) in [5, 5.41) is 3.47. The summed E-state index contributed by atoms with van der Waals surface area (Å²) >= 11 is 0. The van der Waals surface area contributed by atoms with Gasteiger partial charge in [0, 0.05) is 0 Å². The first-order chi connectivity index (χ1) is 9.16. The highest BCUT2D eigenvalue weighted by atomic mass is 16.5. The number of aryl methyl sites for hydroxylation is 1. The van der Waals surface area contributed by atoms with Crippen LogP contribution in [0.5, 0.6) is 5.75 Å². The predicted octanol–water partition coefficient (Wildman–Crippen LogP) is 3.89. The smallest absolute Gasteiger partial charge is 0.122 e. The van der Waals surface area contributed by atoms with Crippen molar-refractivity contribution in [3.63, 3.8) is 0 Å². The van der Waals surface area contributed by atoms with Gasteiger partial charge in [0.25, 0.3) is 0 Å². The Balaban J connectivity index is 1.89. The molecule has 0 aliphatic carbocycles. The van der Waals surface area contributed by atoms with Crippen LogP contribution in [0.3, 0.4) is 0 Å². The molecule has 0 radical (unpaired) electrons. The Bertz CT molecular complexity index is 394. The highest BCUT2D eigenvalue weighted by Crippen LogP contribution is 2.28. The number of hydrogen-bond donors (Lipinski definition) is 1. The lowest BCUT2D eigenvalue weighted by molar-refractivity contribution is 0.252. The lowest BCUT2D eigenvalue weighted by Crippen LogP contribution is -2.30. The molecular formula is C17H27NO. The second kappa shape index (κ2) is 6.95. The third-order valence-electron chi connectivity index (χ3n) is 3.97. The molecule has 1 N–H and O–H groups in total. The van der Waals surface area contributed by atoms with Crippen LogP contribution in [-0.4, -0.2) is 19.7 Å². The molecule has 1 heterocycles. The van der Waals surface area contributed by atoms with E-state index in [-0.39, 0.29) is 0 Å². The minimum Gasteiger partial charge on any atom is -0.493 e. The summed E-state index contributed by atoms with van der Waals surface area (Å²) < 4.78 is 6.05. The van der Waals surface area contributed by atoms with Gasteiger partial charge in [0.2, 0.25) is 0 Å². The van der Waals surface area contributed by atoms with E-state index in [0.29, 0.717) is 5.92 Å². The lowest BCUT2D eigenvalue weighted by Gasteiger charge is -2.23. The van der Waals surface area contributed by atoms with Gasteiger partial charge < -0.3 is 10.1 Å². The molecule has 19 heavy (non-hydrogen) atoms. The van der Waals surface area contributed by atoms with Gasteiger partial charge in [-0.25, -0.2) is 0 Å². The van der Waals surface area contributed by atoms with Crippen molar-refractivity contribution in [3.8, 4) is 5.75 Å². The molecule has 2 rings (SSSR count). The number of nitrogens with one attached hydrogen (secondary N) is 1. The zero-order valence-electron chi connectivity index (χ0n) is 12.5. The number of piperidine rings is 1. The van der Waals surface area contributed by atoms with Crippen LogP contribution in [0.4, 0.5) is 0 Å². The van der Waals surface area contributed by atoms with Gasteiger partial charge in [0.1, 0.15) is 5.75 Å². The molecule has 0 amide bonds. The Hall–Kier alpha value is -1.02. The SMILES string of the molecule is Cc1ccc(C(C)C)c(OCC[C@H]2CCCNC2)c1. The van der Waals surface area contributed by atoms with Gasteiger partial charge >= 0.3 is 0 Å². The van der Waals surface area contributed by atoms with Crippen molar-refractivity contribution >= 4 is 0 Å². The van der Waals surface area contributed by atoms with E-state index in [1.54, 1.807) is 0 Å². The fourth-order valence-electron chi connectivity index (χ4n) is 2.75. The zero-order chi connectivity index (χ0) is 13.7. The minimum atomic E-state index is 0.520. The van der Waals surface area contributed by atoms with Gasteiger partial charge in [-0.2, -0.15) is 0 Å². The normalized spacial score (nSPS) is 19.7. The van der Waals surface area contributed by atoms with Gasteiger partial charge in [-0.15, -0.1) is 0 Å². The lowest BCUT2D eigenvalue weighted by atomic mass is 9.96. The first-order valence-corrected chi connectivity index (χ1v) is 7.61. The summed E-state index contributed by atoms with van der Waals surface area (Å²) in [5.74, 6) is 2.40. The van der Waals surface area contributed by atoms with E-state index in [0.717, 1.165) is 24.8 Å². The number of benzene rings is 1. The highest BCUT2D eigenvalue weighted by molar-refractivity contribution is 5.39. The van der Waals surface area contributed by atoms with Crippen molar-refractivity contribution in [3.05, 3.63) is 29.3 Å². The maximum absolute atomic E-state index is 6.05. The number of hydrogen-bond acceptors (Lipinski definition) is 2. The Morgan fingerprint density at radius 2 is 2.21 bits per heavy atom. The minimum absolute atomic E-state index is 0.520. The molecule has 1 aliphatic rings. The molecule has 1 aliphatic heterocycles. The van der Waals surface area contributed by atoms with Crippen LogP contribution < -0.4 is 10.1 Å². The van der Waals surface area contributed by atoms with E-state index in [4.69, 9.17) is 4.74 Å². The maximum Gasteiger partial charge on any atom is 0.122 e. The van der Waals surface area contributed by atoms with E-state index in [1.165, 1.54) is 36.9 Å². The van der Waals surface area contributed by atoms with Gasteiger partial charge in [-0.3, -0.25) is 0 Å². The fraction of sp³-hybridized carbons (Fsp3) is 0.647. The second-order valence-corrected chi connectivity index (χ2v) is 6.05. The van der Waals surface area contributed by atoms with Crippen molar-refractivity contribution in [2.75, 3.05) is 19.7 Å². The molecule has 2 heteroatoms. The van der Waals surface area contributed by atoms with Crippen molar-refractivity contribution in [1.82, 2.24) is 5.32 Å². The largest absolute Gasteiger partial charge is 0.493 e.